The van der Waals surface area contributed by atoms with Crippen molar-refractivity contribution in [2.45, 2.75) is 27.8 Å². The summed E-state index contributed by atoms with van der Waals surface area (Å²) >= 11 is 0. The Morgan fingerprint density at radius 2 is 1.37 bits per heavy atom. The molecule has 0 aliphatic heterocycles. The third-order valence-electron chi connectivity index (χ3n) is 3.01. The highest BCUT2D eigenvalue weighted by Crippen LogP contribution is 2.35. The highest BCUT2D eigenvalue weighted by molar-refractivity contribution is 7.97. The zero-order valence-corrected chi connectivity index (χ0v) is 16.5. The zero-order chi connectivity index (χ0) is 23.6. The van der Waals surface area contributed by atoms with Gasteiger partial charge in [0.2, 0.25) is 9.84 Å². The van der Waals surface area contributed by atoms with E-state index in [0.717, 1.165) is 24.3 Å². The van der Waals surface area contributed by atoms with Crippen LogP contribution in [0.25, 0.3) is 0 Å². The molecule has 0 bridgehead atoms. The Hall–Kier alpha value is -1.62. The molecule has 0 aliphatic rings. The van der Waals surface area contributed by atoms with E-state index in [1.807, 2.05) is 0 Å². The van der Waals surface area contributed by atoms with Crippen LogP contribution >= 0.6 is 0 Å². The Bertz CT molecular complexity index is 1020. The Kier molecular flexibility index (Phi) is 7.80. The summed E-state index contributed by atoms with van der Waals surface area (Å²) in [5, 5.41) is -2.24. The van der Waals surface area contributed by atoms with Crippen LogP contribution in [0.15, 0.2) is 50.7 Å². The Balaban J connectivity index is 3.60. The molecule has 17 heteroatoms. The molecule has 0 aromatic heterocycles. The molecular weight excluding hydrogens is 501 g/mol. The van der Waals surface area contributed by atoms with Gasteiger partial charge in [-0.2, -0.15) is 39.5 Å². The van der Waals surface area contributed by atoms with E-state index in [2.05, 4.69) is 4.36 Å². The zero-order valence-electron chi connectivity index (χ0n) is 14.1. The van der Waals surface area contributed by atoms with Gasteiger partial charge in [0.1, 0.15) is 0 Å². The Morgan fingerprint density at radius 1 is 0.867 bits per heavy atom. The van der Waals surface area contributed by atoms with Crippen LogP contribution in [0.2, 0.25) is 0 Å². The number of sulfone groups is 2. The summed E-state index contributed by atoms with van der Waals surface area (Å²) in [6.07, 6.45) is -1.72. The summed E-state index contributed by atoms with van der Waals surface area (Å²) in [6, 6.07) is 4.98. The third-order valence-corrected chi connectivity index (χ3v) is 7.55. The lowest BCUT2D eigenvalue weighted by Gasteiger charge is -2.15. The van der Waals surface area contributed by atoms with Gasteiger partial charge >= 0.3 is 16.5 Å². The first-order valence-corrected chi connectivity index (χ1v) is 11.5. The van der Waals surface area contributed by atoms with Gasteiger partial charge in [0.05, 0.1) is 5.75 Å². The lowest BCUT2D eigenvalue weighted by atomic mass is 10.4. The van der Waals surface area contributed by atoms with Gasteiger partial charge in [0, 0.05) is 15.6 Å². The third kappa shape index (κ3) is 6.44. The van der Waals surface area contributed by atoms with Crippen molar-refractivity contribution in [3.8, 4) is 0 Å². The largest absolute Gasteiger partial charge is 0.503 e. The van der Waals surface area contributed by atoms with Crippen molar-refractivity contribution in [1.29, 1.82) is 0 Å². The van der Waals surface area contributed by atoms with Gasteiger partial charge in [-0.25, -0.2) is 21.2 Å². The highest BCUT2D eigenvalue weighted by Gasteiger charge is 2.50. The minimum absolute atomic E-state index is 0.235. The molecule has 172 valence electrons. The van der Waals surface area contributed by atoms with E-state index in [4.69, 9.17) is 0 Å². The first-order valence-electron chi connectivity index (χ1n) is 7.19. The topological polar surface area (TPSA) is 80.6 Å². The van der Waals surface area contributed by atoms with Crippen LogP contribution < -0.4 is 0 Å². The highest BCUT2D eigenvalue weighted by atomic mass is 32.2. The maximum absolute atomic E-state index is 13.3. The van der Waals surface area contributed by atoms with E-state index in [0.29, 0.717) is 0 Å². The van der Waals surface area contributed by atoms with Gasteiger partial charge in [0.15, 0.2) is 5.03 Å². The molecule has 0 heterocycles. The maximum atomic E-state index is 13.3. The van der Waals surface area contributed by atoms with E-state index in [1.165, 1.54) is 6.07 Å². The molecular formula is C13H10F9NO4S3. The summed E-state index contributed by atoms with van der Waals surface area (Å²) < 4.78 is 163. The van der Waals surface area contributed by atoms with Crippen LogP contribution in [-0.4, -0.2) is 39.1 Å². The van der Waals surface area contributed by atoms with Gasteiger partial charge in [-0.1, -0.05) is 18.2 Å². The molecule has 0 N–H and O–H groups in total. The molecule has 0 saturated heterocycles. The lowest BCUT2D eigenvalue weighted by Crippen LogP contribution is -2.27. The number of hydrogen-bond acceptors (Lipinski definition) is 5. The molecule has 0 fully saturated rings. The van der Waals surface area contributed by atoms with Crippen LogP contribution in [0, 0.1) is 0 Å². The molecule has 1 aromatic carbocycles. The predicted octanol–water partition coefficient (Wildman–Crippen LogP) is 4.47. The Labute approximate surface area is 166 Å². The van der Waals surface area contributed by atoms with Crippen molar-refractivity contribution in [2.24, 2.45) is 4.36 Å². The molecule has 0 saturated carbocycles. The van der Waals surface area contributed by atoms with Crippen molar-refractivity contribution in [3.63, 3.8) is 0 Å². The quantitative estimate of drug-likeness (QED) is 0.528. The second kappa shape index (κ2) is 8.86. The number of alkyl halides is 9. The van der Waals surface area contributed by atoms with E-state index in [1.54, 1.807) is 0 Å². The number of rotatable bonds is 6. The fraction of sp³-hybridized carbons (Fsp3) is 0.385. The standard InChI is InChI=1S/C13H10F9NO4S3/c14-11(15,16)28(9-5-2-1-3-6-9)23-10(30(26,27)13(20,21)22)7-4-8-29(24,25)12(17,18)19/h1-3,5-7H,4,8H2/b10-7-. The molecule has 30 heavy (non-hydrogen) atoms. The Morgan fingerprint density at radius 3 is 1.77 bits per heavy atom. The van der Waals surface area contributed by atoms with Crippen molar-refractivity contribution in [3.05, 3.63) is 41.4 Å². The van der Waals surface area contributed by atoms with Crippen molar-refractivity contribution >= 4 is 30.4 Å². The smallest absolute Gasteiger partial charge is 0.220 e. The second-order valence-electron chi connectivity index (χ2n) is 5.18. The molecule has 0 spiro atoms. The first-order chi connectivity index (χ1) is 13.3. The normalized spacial score (nSPS) is 16.0. The van der Waals surface area contributed by atoms with Gasteiger partial charge in [-0.05, 0) is 24.6 Å². The molecule has 0 amide bonds. The summed E-state index contributed by atoms with van der Waals surface area (Å²) in [4.78, 5) is -0.726. The number of halogens is 9. The minimum Gasteiger partial charge on any atom is -0.220 e. The monoisotopic (exact) mass is 511 g/mol. The van der Waals surface area contributed by atoms with Crippen LogP contribution in [0.5, 0.6) is 0 Å². The van der Waals surface area contributed by atoms with E-state index in [-0.39, 0.29) is 6.08 Å². The number of hydrogen-bond donors (Lipinski definition) is 0. The van der Waals surface area contributed by atoms with E-state index in [9.17, 15) is 56.3 Å². The maximum Gasteiger partial charge on any atom is 0.503 e. The SMILES string of the molecule is O=S(=O)(CC/C=C(/N=S(/c1ccccc1)C(F)(F)F)S(=O)(=O)C(F)(F)F)C(F)(F)F. The van der Waals surface area contributed by atoms with E-state index >= 15 is 0 Å². The minimum atomic E-state index is -6.53. The molecule has 1 atom stereocenters. The average Bonchev–Trinajstić information content (AvgIpc) is 2.55. The molecule has 5 nitrogen and oxygen atoms in total. The molecule has 1 rings (SSSR count). The van der Waals surface area contributed by atoms with Crippen LogP contribution in [0.1, 0.15) is 6.42 Å². The second-order valence-corrected chi connectivity index (χ2v) is 10.9. The summed E-state index contributed by atoms with van der Waals surface area (Å²) in [7, 11) is -15.8. The average molecular weight is 511 g/mol. The lowest BCUT2D eigenvalue weighted by molar-refractivity contribution is -0.0439. The molecule has 1 unspecified atom stereocenters. The van der Waals surface area contributed by atoms with Crippen molar-refractivity contribution in [1.82, 2.24) is 0 Å². The van der Waals surface area contributed by atoms with E-state index < -0.39 is 69.0 Å². The van der Waals surface area contributed by atoms with Gasteiger partial charge in [0.25, 0.3) is 9.84 Å². The summed E-state index contributed by atoms with van der Waals surface area (Å²) in [5.41, 5.74) is -17.3. The number of allylic oxidation sites excluding steroid dienone is 1. The van der Waals surface area contributed by atoms with Crippen molar-refractivity contribution in [2.75, 3.05) is 5.75 Å². The molecule has 1 aromatic rings. The number of nitrogens with zero attached hydrogens (tertiary/aromatic N) is 1. The summed E-state index contributed by atoms with van der Waals surface area (Å²) in [6.45, 7) is 0. The fourth-order valence-corrected chi connectivity index (χ4v) is 4.64. The molecule has 0 radical (unpaired) electrons. The van der Waals surface area contributed by atoms with Gasteiger partial charge in [-0.3, -0.25) is 0 Å². The predicted molar refractivity (Wildman–Crippen MR) is 88.1 cm³/mol. The first kappa shape index (κ1) is 26.4. The van der Waals surface area contributed by atoms with Crippen LogP contribution in [0.3, 0.4) is 0 Å². The summed E-state index contributed by atoms with van der Waals surface area (Å²) in [5.74, 6) is -1.89. The molecule has 0 aliphatic carbocycles. The van der Waals surface area contributed by atoms with Gasteiger partial charge < -0.3 is 0 Å². The van der Waals surface area contributed by atoms with Crippen LogP contribution in [-0.2, 0) is 30.4 Å². The van der Waals surface area contributed by atoms with Crippen LogP contribution in [0.4, 0.5) is 39.5 Å². The van der Waals surface area contributed by atoms with Gasteiger partial charge in [-0.15, -0.1) is 0 Å². The van der Waals surface area contributed by atoms with Crippen molar-refractivity contribution < 1.29 is 56.3 Å². The fourth-order valence-electron chi connectivity index (χ4n) is 1.65. The number of benzene rings is 1.